The van der Waals surface area contributed by atoms with E-state index in [9.17, 15) is 9.59 Å². The van der Waals surface area contributed by atoms with Gasteiger partial charge in [-0.25, -0.2) is 9.59 Å². The molecule has 0 amide bonds. The second-order valence-corrected chi connectivity index (χ2v) is 6.40. The lowest BCUT2D eigenvalue weighted by atomic mass is 10.2. The Morgan fingerprint density at radius 1 is 0.613 bits per heavy atom. The molecule has 0 aromatic heterocycles. The van der Waals surface area contributed by atoms with Gasteiger partial charge in [0.1, 0.15) is 0 Å². The van der Waals surface area contributed by atoms with E-state index in [0.717, 1.165) is 43.5 Å². The number of benzene rings is 2. The van der Waals surface area contributed by atoms with Gasteiger partial charge in [-0.15, -0.1) is 0 Å². The van der Waals surface area contributed by atoms with Crippen LogP contribution in [-0.4, -0.2) is 75.2 Å². The first kappa shape index (κ1) is 25.1. The van der Waals surface area contributed by atoms with Crippen molar-refractivity contribution in [1.29, 1.82) is 0 Å². The van der Waals surface area contributed by atoms with Gasteiger partial charge >= 0.3 is 11.9 Å². The number of carboxylic acid groups (broad SMARTS) is 2. The lowest BCUT2D eigenvalue weighted by Crippen LogP contribution is -2.17. The molecule has 0 saturated heterocycles. The lowest BCUT2D eigenvalue weighted by molar-refractivity contribution is 0.0438. The van der Waals surface area contributed by atoms with Crippen molar-refractivity contribution in [2.24, 2.45) is 0 Å². The van der Waals surface area contributed by atoms with Gasteiger partial charge in [0.25, 0.3) is 0 Å². The standard InChI is InChI=1S/2C7H6O5.C5H10O2/c2*8-4-1-3(7(11)12)2-5(9)6(4)10;6-4-2-1-3-5(4)7/h2*1-2,8-10H,(H,11,12);4-7H,1-3H2/t;;4-,5+. The summed E-state index contributed by atoms with van der Waals surface area (Å²) in [6.07, 6.45) is 1.67. The van der Waals surface area contributed by atoms with Gasteiger partial charge in [-0.1, -0.05) is 0 Å². The zero-order valence-electron chi connectivity index (χ0n) is 15.9. The average Bonchev–Trinajstić information content (AvgIpc) is 3.07. The Kier molecular flexibility index (Phi) is 8.72. The molecule has 0 radical (unpaired) electrons. The van der Waals surface area contributed by atoms with Crippen LogP contribution in [0.1, 0.15) is 40.0 Å². The Balaban J connectivity index is 0.000000241. The largest absolute Gasteiger partial charge is 0.504 e. The summed E-state index contributed by atoms with van der Waals surface area (Å²) in [4.78, 5) is 20.6. The van der Waals surface area contributed by atoms with Crippen molar-refractivity contribution in [2.75, 3.05) is 0 Å². The molecule has 1 fully saturated rings. The van der Waals surface area contributed by atoms with Crippen LogP contribution < -0.4 is 0 Å². The SMILES string of the molecule is O=C(O)c1cc(O)c(O)c(O)c1.O=C(O)c1cc(O)c(O)c(O)c1.O[C@@H]1CCC[C@@H]1O. The third kappa shape index (κ3) is 7.13. The van der Waals surface area contributed by atoms with E-state index in [2.05, 4.69) is 0 Å². The summed E-state index contributed by atoms with van der Waals surface area (Å²) in [6, 6.07) is 3.38. The van der Waals surface area contributed by atoms with Gasteiger partial charge in [-0.3, -0.25) is 0 Å². The van der Waals surface area contributed by atoms with E-state index in [4.69, 9.17) is 51.1 Å². The van der Waals surface area contributed by atoms with E-state index in [1.165, 1.54) is 0 Å². The van der Waals surface area contributed by atoms with Gasteiger partial charge < -0.3 is 51.1 Å². The number of hydrogen-bond donors (Lipinski definition) is 10. The summed E-state index contributed by atoms with van der Waals surface area (Å²) in [7, 11) is 0. The molecule has 10 N–H and O–H groups in total. The molecule has 1 aliphatic carbocycles. The Bertz CT molecular complexity index is 818. The van der Waals surface area contributed by atoms with Gasteiger partial charge in [0.05, 0.1) is 23.3 Å². The number of aliphatic hydroxyl groups is 2. The Morgan fingerprint density at radius 2 is 0.871 bits per heavy atom. The molecule has 0 spiro atoms. The first-order chi connectivity index (χ1) is 14.3. The third-order valence-corrected chi connectivity index (χ3v) is 4.08. The minimum absolute atomic E-state index is 0.289. The molecule has 1 saturated carbocycles. The first-order valence-electron chi connectivity index (χ1n) is 8.67. The van der Waals surface area contributed by atoms with Crippen molar-refractivity contribution in [1.82, 2.24) is 0 Å². The van der Waals surface area contributed by atoms with E-state index in [1.54, 1.807) is 0 Å². The number of carbonyl (C=O) groups is 2. The van der Waals surface area contributed by atoms with E-state index in [-0.39, 0.29) is 11.1 Å². The van der Waals surface area contributed by atoms with Crippen molar-refractivity contribution in [3.05, 3.63) is 35.4 Å². The summed E-state index contributed by atoms with van der Waals surface area (Å²) in [5.74, 6) is -6.67. The molecule has 3 rings (SSSR count). The number of phenolic OH excluding ortho intramolecular Hbond substituents is 6. The van der Waals surface area contributed by atoms with Gasteiger partial charge in [0.2, 0.25) is 0 Å². The average molecular weight is 442 g/mol. The van der Waals surface area contributed by atoms with Crippen LogP contribution in [0, 0.1) is 0 Å². The van der Waals surface area contributed by atoms with Crippen LogP contribution in [0.25, 0.3) is 0 Å². The highest BCUT2D eigenvalue weighted by Crippen LogP contribution is 2.36. The van der Waals surface area contributed by atoms with Gasteiger partial charge in [-0.05, 0) is 43.5 Å². The second-order valence-electron chi connectivity index (χ2n) is 6.40. The molecule has 2 aromatic rings. The Hall–Kier alpha value is -3.90. The summed E-state index contributed by atoms with van der Waals surface area (Å²) >= 11 is 0. The molecule has 0 unspecified atom stereocenters. The van der Waals surface area contributed by atoms with Gasteiger partial charge in [-0.2, -0.15) is 0 Å². The second kappa shape index (κ2) is 10.8. The topological polar surface area (TPSA) is 236 Å². The smallest absolute Gasteiger partial charge is 0.335 e. The molecule has 0 heterocycles. The van der Waals surface area contributed by atoms with Crippen molar-refractivity contribution < 1.29 is 60.7 Å². The highest BCUT2D eigenvalue weighted by molar-refractivity contribution is 5.89. The van der Waals surface area contributed by atoms with Crippen molar-refractivity contribution in [3.8, 4) is 34.5 Å². The fraction of sp³-hybridized carbons (Fsp3) is 0.263. The fourth-order valence-corrected chi connectivity index (χ4v) is 2.38. The molecular weight excluding hydrogens is 420 g/mol. The van der Waals surface area contributed by atoms with Gasteiger partial charge in [0.15, 0.2) is 34.5 Å². The molecule has 31 heavy (non-hydrogen) atoms. The minimum Gasteiger partial charge on any atom is -0.504 e. The zero-order valence-corrected chi connectivity index (χ0v) is 15.9. The van der Waals surface area contributed by atoms with Gasteiger partial charge in [0, 0.05) is 0 Å². The zero-order chi connectivity index (χ0) is 23.9. The summed E-state index contributed by atoms with van der Waals surface area (Å²) in [5.41, 5.74) is -0.578. The lowest BCUT2D eigenvalue weighted by Gasteiger charge is -2.03. The highest BCUT2D eigenvalue weighted by Gasteiger charge is 2.21. The molecule has 0 bridgehead atoms. The molecule has 12 heteroatoms. The number of aromatic hydroxyl groups is 6. The maximum atomic E-state index is 10.3. The number of hydrogen-bond acceptors (Lipinski definition) is 10. The predicted octanol–water partition coefficient (Wildman–Crippen LogP) is 0.895. The molecule has 170 valence electrons. The minimum atomic E-state index is -1.29. The van der Waals surface area contributed by atoms with E-state index < -0.39 is 58.6 Å². The van der Waals surface area contributed by atoms with E-state index in [0.29, 0.717) is 0 Å². The van der Waals surface area contributed by atoms with Crippen molar-refractivity contribution >= 4 is 11.9 Å². The maximum Gasteiger partial charge on any atom is 0.335 e. The Labute approximate surface area is 174 Å². The normalized spacial score (nSPS) is 17.0. The van der Waals surface area contributed by atoms with Crippen LogP contribution in [0.3, 0.4) is 0 Å². The fourth-order valence-electron chi connectivity index (χ4n) is 2.38. The van der Waals surface area contributed by atoms with Crippen LogP contribution in [0.5, 0.6) is 34.5 Å². The molecular formula is C19H22O12. The highest BCUT2D eigenvalue weighted by atomic mass is 16.4. The number of aliphatic hydroxyl groups excluding tert-OH is 2. The molecule has 2 aromatic carbocycles. The van der Waals surface area contributed by atoms with E-state index in [1.807, 2.05) is 0 Å². The Morgan fingerprint density at radius 3 is 1.03 bits per heavy atom. The van der Waals surface area contributed by atoms with Crippen LogP contribution in [0.4, 0.5) is 0 Å². The van der Waals surface area contributed by atoms with Crippen molar-refractivity contribution in [3.63, 3.8) is 0 Å². The predicted molar refractivity (Wildman–Crippen MR) is 103 cm³/mol. The third-order valence-electron chi connectivity index (χ3n) is 4.08. The quantitative estimate of drug-likeness (QED) is 0.292. The van der Waals surface area contributed by atoms with Crippen molar-refractivity contribution in [2.45, 2.75) is 31.5 Å². The molecule has 1 aliphatic rings. The van der Waals surface area contributed by atoms with Crippen LogP contribution in [0.2, 0.25) is 0 Å². The molecule has 0 aliphatic heterocycles. The summed E-state index contributed by atoms with van der Waals surface area (Å²) in [5, 5.41) is 87.4. The van der Waals surface area contributed by atoms with E-state index >= 15 is 0 Å². The number of carboxylic acids is 2. The van der Waals surface area contributed by atoms with Crippen LogP contribution in [-0.2, 0) is 0 Å². The van der Waals surface area contributed by atoms with Crippen LogP contribution >= 0.6 is 0 Å². The molecule has 2 atom stereocenters. The van der Waals surface area contributed by atoms with Crippen LogP contribution in [0.15, 0.2) is 24.3 Å². The monoisotopic (exact) mass is 442 g/mol. The number of rotatable bonds is 2. The first-order valence-corrected chi connectivity index (χ1v) is 8.67. The molecule has 12 nitrogen and oxygen atoms in total. The number of phenols is 6. The summed E-state index contributed by atoms with van der Waals surface area (Å²) in [6.45, 7) is 0. The summed E-state index contributed by atoms with van der Waals surface area (Å²) < 4.78 is 0. The number of aromatic carboxylic acids is 2. The maximum absolute atomic E-state index is 10.3.